The number of hydrogen-bond acceptors (Lipinski definition) is 8. The van der Waals surface area contributed by atoms with E-state index in [2.05, 4.69) is 9.72 Å². The first-order chi connectivity index (χ1) is 11.5. The average molecular weight is 363 g/mol. The number of rotatable bonds is 3. The molecule has 3 atom stereocenters. The van der Waals surface area contributed by atoms with Crippen molar-refractivity contribution in [1.29, 1.82) is 0 Å². The van der Waals surface area contributed by atoms with Crippen LogP contribution in [0.3, 0.4) is 0 Å². The summed E-state index contributed by atoms with van der Waals surface area (Å²) in [5.74, 6) is -3.98. The Balaban J connectivity index is 2.29. The quantitative estimate of drug-likeness (QED) is 0.751. The largest absolute Gasteiger partial charge is 0.509 e. The molecule has 1 aromatic rings. The summed E-state index contributed by atoms with van der Waals surface area (Å²) in [6.07, 6.45) is -6.20. The fourth-order valence-corrected chi connectivity index (χ4v) is 2.24. The van der Waals surface area contributed by atoms with Crippen molar-refractivity contribution in [3.8, 4) is 0 Å². The molecule has 0 bridgehead atoms. The lowest BCUT2D eigenvalue weighted by molar-refractivity contribution is -0.149. The number of hydrogen-bond donors (Lipinski definition) is 2. The van der Waals surface area contributed by atoms with Crippen molar-refractivity contribution >= 4 is 12.0 Å². The van der Waals surface area contributed by atoms with Gasteiger partial charge >= 0.3 is 17.8 Å². The Hall–Kier alpha value is -2.27. The molecule has 0 amide bonds. The zero-order chi connectivity index (χ0) is 19.0. The summed E-state index contributed by atoms with van der Waals surface area (Å²) in [6, 6.07) is 1.14. The zero-order valence-electron chi connectivity index (χ0n) is 13.8. The topological polar surface area (TPSA) is 126 Å². The highest BCUT2D eigenvalue weighted by Crippen LogP contribution is 2.44. The van der Waals surface area contributed by atoms with Gasteiger partial charge in [-0.05, 0) is 26.8 Å². The van der Waals surface area contributed by atoms with Gasteiger partial charge in [0, 0.05) is 6.20 Å². The van der Waals surface area contributed by atoms with Gasteiger partial charge in [-0.1, -0.05) is 0 Å². The molecule has 11 heteroatoms. The van der Waals surface area contributed by atoms with E-state index < -0.39 is 48.4 Å². The molecule has 2 heterocycles. The predicted octanol–water partition coefficient (Wildman–Crippen LogP) is 0.671. The first kappa shape index (κ1) is 19.1. The van der Waals surface area contributed by atoms with Crippen molar-refractivity contribution < 1.29 is 32.9 Å². The van der Waals surface area contributed by atoms with Gasteiger partial charge in [-0.15, -0.1) is 0 Å². The summed E-state index contributed by atoms with van der Waals surface area (Å²) >= 11 is 0. The zero-order valence-corrected chi connectivity index (χ0v) is 13.8. The van der Waals surface area contributed by atoms with Gasteiger partial charge in [0.25, 0.3) is 0 Å². The number of aliphatic hydroxyl groups is 1. The normalized spacial score (nSPS) is 25.6. The summed E-state index contributed by atoms with van der Waals surface area (Å²) in [4.78, 5) is 26.8. The van der Waals surface area contributed by atoms with Crippen molar-refractivity contribution in [3.63, 3.8) is 0 Å². The van der Waals surface area contributed by atoms with Crippen LogP contribution < -0.4 is 11.4 Å². The molecular formula is C14H19F2N3O6. The van der Waals surface area contributed by atoms with Gasteiger partial charge in [-0.25, -0.2) is 9.59 Å². The van der Waals surface area contributed by atoms with Crippen LogP contribution in [0.1, 0.15) is 27.0 Å². The highest BCUT2D eigenvalue weighted by atomic mass is 19.3. The average Bonchev–Trinajstić information content (AvgIpc) is 2.69. The smallest absolute Gasteiger partial charge is 0.429 e. The number of alkyl halides is 2. The summed E-state index contributed by atoms with van der Waals surface area (Å²) < 4.78 is 44.4. The number of nitrogen functional groups attached to an aromatic ring is 1. The van der Waals surface area contributed by atoms with Crippen LogP contribution in [-0.2, 0) is 14.2 Å². The number of aromatic nitrogens is 2. The van der Waals surface area contributed by atoms with Gasteiger partial charge in [0.05, 0.1) is 6.61 Å². The summed E-state index contributed by atoms with van der Waals surface area (Å²) in [5.41, 5.74) is 3.29. The van der Waals surface area contributed by atoms with Crippen molar-refractivity contribution in [1.82, 2.24) is 9.55 Å². The van der Waals surface area contributed by atoms with Crippen LogP contribution >= 0.6 is 0 Å². The highest BCUT2D eigenvalue weighted by Gasteiger charge is 2.62. The van der Waals surface area contributed by atoms with Gasteiger partial charge in [-0.2, -0.15) is 13.8 Å². The van der Waals surface area contributed by atoms with Crippen LogP contribution in [0.4, 0.5) is 19.4 Å². The summed E-state index contributed by atoms with van der Waals surface area (Å²) in [7, 11) is 0. The Morgan fingerprint density at radius 1 is 1.52 bits per heavy atom. The van der Waals surface area contributed by atoms with Crippen molar-refractivity contribution in [2.24, 2.45) is 0 Å². The summed E-state index contributed by atoms with van der Waals surface area (Å²) in [6.45, 7) is 3.73. The van der Waals surface area contributed by atoms with Gasteiger partial charge < -0.3 is 25.1 Å². The van der Waals surface area contributed by atoms with E-state index in [4.69, 9.17) is 15.2 Å². The van der Waals surface area contributed by atoms with Crippen LogP contribution in [0, 0.1) is 0 Å². The lowest BCUT2D eigenvalue weighted by atomic mass is 10.1. The van der Waals surface area contributed by atoms with E-state index in [-0.39, 0.29) is 5.82 Å². The SMILES string of the molecule is CC(C)(C)OC(=O)OC1C(CO)OC(n2ccc(N)nc2=O)C1(F)F. The standard InChI is InChI=1S/C14H19F2N3O6/c1-13(2,3)25-12(22)24-9-7(6-20)23-10(14(9,15)16)19-5-4-8(17)18-11(19)21/h4-5,7,9-10,20H,6H2,1-3H3,(H2,17,18,21). The van der Waals surface area contributed by atoms with Gasteiger partial charge in [0.1, 0.15) is 17.5 Å². The Morgan fingerprint density at radius 2 is 2.16 bits per heavy atom. The third-order valence-electron chi connectivity index (χ3n) is 3.25. The molecular weight excluding hydrogens is 344 g/mol. The molecule has 1 aromatic heterocycles. The first-order valence-corrected chi connectivity index (χ1v) is 7.34. The number of halogens is 2. The lowest BCUT2D eigenvalue weighted by Gasteiger charge is -2.25. The van der Waals surface area contributed by atoms with Gasteiger partial charge in [0.15, 0.2) is 0 Å². The maximum absolute atomic E-state index is 14.7. The van der Waals surface area contributed by atoms with E-state index in [0.29, 0.717) is 4.57 Å². The second-order valence-electron chi connectivity index (χ2n) is 6.43. The van der Waals surface area contributed by atoms with Crippen LogP contribution in [-0.4, -0.2) is 51.2 Å². The highest BCUT2D eigenvalue weighted by molar-refractivity contribution is 5.61. The molecule has 0 aromatic carbocycles. The Morgan fingerprint density at radius 3 is 2.68 bits per heavy atom. The minimum absolute atomic E-state index is 0.150. The van der Waals surface area contributed by atoms with Crippen LogP contribution in [0.2, 0.25) is 0 Å². The third-order valence-corrected chi connectivity index (χ3v) is 3.25. The number of aliphatic hydroxyl groups excluding tert-OH is 1. The van der Waals surface area contributed by atoms with Gasteiger partial charge in [0.2, 0.25) is 12.3 Å². The van der Waals surface area contributed by atoms with E-state index >= 15 is 0 Å². The van der Waals surface area contributed by atoms with Gasteiger partial charge in [-0.3, -0.25) is 4.57 Å². The fourth-order valence-electron chi connectivity index (χ4n) is 2.24. The third kappa shape index (κ3) is 4.04. The maximum Gasteiger partial charge on any atom is 0.509 e. The fraction of sp³-hybridized carbons (Fsp3) is 0.643. The monoisotopic (exact) mass is 363 g/mol. The molecule has 1 aliphatic rings. The minimum atomic E-state index is -3.83. The molecule has 3 unspecified atom stereocenters. The minimum Gasteiger partial charge on any atom is -0.429 e. The number of carbonyl (C=O) groups excluding carboxylic acids is 1. The van der Waals surface area contributed by atoms with Crippen molar-refractivity contribution in [2.45, 2.75) is 50.7 Å². The van der Waals surface area contributed by atoms with E-state index in [9.17, 15) is 23.5 Å². The molecule has 1 aliphatic heterocycles. The molecule has 0 radical (unpaired) electrons. The second-order valence-corrected chi connectivity index (χ2v) is 6.43. The summed E-state index contributed by atoms with van der Waals surface area (Å²) in [5, 5.41) is 9.28. The Kier molecular flexibility index (Phi) is 5.00. The number of nitrogens with zero attached hydrogens (tertiary/aromatic N) is 2. The molecule has 3 N–H and O–H groups in total. The molecule has 2 rings (SSSR count). The van der Waals surface area contributed by atoms with Crippen LogP contribution in [0.5, 0.6) is 0 Å². The maximum atomic E-state index is 14.7. The van der Waals surface area contributed by atoms with Crippen molar-refractivity contribution in [3.05, 3.63) is 22.7 Å². The number of nitrogens with two attached hydrogens (primary N) is 1. The first-order valence-electron chi connectivity index (χ1n) is 7.34. The molecule has 0 spiro atoms. The number of carbonyl (C=O) groups is 1. The van der Waals surface area contributed by atoms with E-state index in [1.54, 1.807) is 0 Å². The molecule has 25 heavy (non-hydrogen) atoms. The van der Waals surface area contributed by atoms with E-state index in [1.807, 2.05) is 0 Å². The lowest BCUT2D eigenvalue weighted by Crippen LogP contribution is -2.45. The van der Waals surface area contributed by atoms with E-state index in [0.717, 1.165) is 12.3 Å². The van der Waals surface area contributed by atoms with Crippen LogP contribution in [0.15, 0.2) is 17.1 Å². The molecule has 1 saturated heterocycles. The number of anilines is 1. The molecule has 0 aliphatic carbocycles. The predicted molar refractivity (Wildman–Crippen MR) is 80.0 cm³/mol. The Bertz CT molecular complexity index is 703. The van der Waals surface area contributed by atoms with E-state index in [1.165, 1.54) is 20.8 Å². The molecule has 9 nitrogen and oxygen atoms in total. The van der Waals surface area contributed by atoms with Crippen LogP contribution in [0.25, 0.3) is 0 Å². The number of ether oxygens (including phenoxy) is 3. The Labute approximate surface area is 141 Å². The molecule has 140 valence electrons. The second kappa shape index (κ2) is 6.56. The van der Waals surface area contributed by atoms with Crippen molar-refractivity contribution in [2.75, 3.05) is 12.3 Å². The molecule has 0 saturated carbocycles. The molecule has 1 fully saturated rings.